The fourth-order valence-corrected chi connectivity index (χ4v) is 0.843. The van der Waals surface area contributed by atoms with Crippen molar-refractivity contribution in [2.24, 2.45) is 0 Å². The molecule has 0 N–H and O–H groups in total. The average molecular weight is 330 g/mol. The quantitative estimate of drug-likeness (QED) is 0.556. The molecule has 0 saturated heterocycles. The van der Waals surface area contributed by atoms with E-state index in [1.165, 1.54) is 0 Å². The Kier molecular flexibility index (Phi) is 4.41. The Morgan fingerprint density at radius 3 is 1.25 bits per heavy atom. The molecule has 0 heterocycles. The maximum atomic E-state index is 12.6. The third-order valence-electron chi connectivity index (χ3n) is 2.03. The van der Waals surface area contributed by atoms with Crippen LogP contribution in [0.5, 0.6) is 0 Å². The van der Waals surface area contributed by atoms with E-state index in [4.69, 9.17) is 0 Å². The lowest BCUT2D eigenvalue weighted by atomic mass is 9.95. The lowest BCUT2D eigenvalue weighted by molar-refractivity contribution is -0.424. The highest BCUT2D eigenvalue weighted by Crippen LogP contribution is 2.58. The van der Waals surface area contributed by atoms with Gasteiger partial charge in [0.1, 0.15) is 0 Å². The van der Waals surface area contributed by atoms with Crippen molar-refractivity contribution in [3.05, 3.63) is 0 Å². The summed E-state index contributed by atoms with van der Waals surface area (Å²) in [5.41, 5.74) is 0. The molecule has 120 valence electrons. The van der Waals surface area contributed by atoms with Crippen molar-refractivity contribution < 1.29 is 57.5 Å². The minimum absolute atomic E-state index is 1.64. The van der Waals surface area contributed by atoms with Crippen molar-refractivity contribution in [1.82, 2.24) is 0 Å². The minimum Gasteiger partial charge on any atom is -0.300 e. The minimum atomic E-state index is -7.70. The van der Waals surface area contributed by atoms with Crippen LogP contribution in [0.25, 0.3) is 0 Å². The second-order valence-electron chi connectivity index (χ2n) is 3.38. The van der Waals surface area contributed by atoms with Crippen molar-refractivity contribution in [2.75, 3.05) is 0 Å². The van der Waals surface area contributed by atoms with Crippen LogP contribution in [-0.4, -0.2) is 42.3 Å². The second kappa shape index (κ2) is 4.69. The Hall–Kier alpha value is -1.17. The summed E-state index contributed by atoms with van der Waals surface area (Å²) in [7, 11) is 0. The van der Waals surface area contributed by atoms with Crippen LogP contribution in [0.3, 0.4) is 0 Å². The fraction of sp³-hybridized carbons (Fsp3) is 0.857. The Morgan fingerprint density at radius 2 is 1.00 bits per heavy atom. The Labute approximate surface area is 101 Å². The van der Waals surface area contributed by atoms with E-state index in [-0.39, 0.29) is 0 Å². The van der Waals surface area contributed by atoms with Gasteiger partial charge in [0.2, 0.25) is 6.17 Å². The molecule has 0 aliphatic heterocycles. The van der Waals surface area contributed by atoms with Crippen molar-refractivity contribution in [3.8, 4) is 0 Å². The van der Waals surface area contributed by atoms with Crippen LogP contribution in [0.1, 0.15) is 0 Å². The molecule has 0 saturated carbocycles. The molecule has 0 rings (SSSR count). The Morgan fingerprint density at radius 1 is 0.650 bits per heavy atom. The van der Waals surface area contributed by atoms with Crippen LogP contribution in [-0.2, 0) is 4.79 Å². The van der Waals surface area contributed by atoms with Gasteiger partial charge in [-0.25, -0.2) is 4.39 Å². The summed E-state index contributed by atoms with van der Waals surface area (Å²) in [6.45, 7) is 0. The largest absolute Gasteiger partial charge is 0.460 e. The highest BCUT2D eigenvalue weighted by atomic mass is 19.4. The van der Waals surface area contributed by atoms with E-state index in [1.807, 2.05) is 0 Å². The number of rotatable bonds is 5. The lowest BCUT2D eigenvalue weighted by Gasteiger charge is -2.37. The molecule has 0 aromatic rings. The molecule has 0 bridgehead atoms. The number of carbonyl (C=O) groups is 1. The molecule has 0 aliphatic carbocycles. The molecular weight excluding hydrogens is 328 g/mol. The number of alkyl halides is 12. The summed E-state index contributed by atoms with van der Waals surface area (Å²) in [5.74, 6) is -29.6. The van der Waals surface area contributed by atoms with Crippen molar-refractivity contribution in [1.29, 1.82) is 0 Å². The summed E-state index contributed by atoms with van der Waals surface area (Å²) < 4.78 is 146. The maximum absolute atomic E-state index is 12.6. The van der Waals surface area contributed by atoms with Crippen molar-refractivity contribution in [3.63, 3.8) is 0 Å². The summed E-state index contributed by atoms with van der Waals surface area (Å²) in [6.07, 6.45) is -13.7. The molecule has 0 unspecified atom stereocenters. The van der Waals surface area contributed by atoms with Crippen LogP contribution in [0.15, 0.2) is 0 Å². The normalized spacial score (nSPS) is 17.0. The molecule has 1 nitrogen and oxygen atoms in total. The highest BCUT2D eigenvalue weighted by molar-refractivity contribution is 5.58. The number of carbonyl (C=O) groups excluding carboxylic acids is 1. The summed E-state index contributed by atoms with van der Waals surface area (Å²) >= 11 is 0. The van der Waals surface area contributed by atoms with Crippen LogP contribution in [0.4, 0.5) is 52.7 Å². The SMILES string of the molecule is O=C[C@@H](F)C(F)(F)C(F)(F)C(F)(F)C(F)(F)C(F)(F)F. The first kappa shape index (κ1) is 18.8. The zero-order chi connectivity index (χ0) is 16.8. The zero-order valence-electron chi connectivity index (χ0n) is 8.60. The van der Waals surface area contributed by atoms with Gasteiger partial charge in [0.15, 0.2) is 6.29 Å². The predicted molar refractivity (Wildman–Crippen MR) is 36.8 cm³/mol. The van der Waals surface area contributed by atoms with Gasteiger partial charge in [-0.1, -0.05) is 0 Å². The van der Waals surface area contributed by atoms with Gasteiger partial charge < -0.3 is 0 Å². The topological polar surface area (TPSA) is 17.1 Å². The molecule has 1 atom stereocenters. The standard InChI is InChI=1S/C7H2F12O/c8-2(1-20)3(9,10)4(11,12)5(13,14)6(15,16)7(17,18)19/h1-2H/t2-/m1/s1. The molecular formula is C7H2F12O. The molecule has 0 spiro atoms. The van der Waals surface area contributed by atoms with Crippen LogP contribution in [0.2, 0.25) is 0 Å². The third-order valence-corrected chi connectivity index (χ3v) is 2.03. The number of aldehydes is 1. The number of hydrogen-bond donors (Lipinski definition) is 0. The van der Waals surface area contributed by atoms with Gasteiger partial charge in [-0.05, 0) is 0 Å². The van der Waals surface area contributed by atoms with Gasteiger partial charge in [0.25, 0.3) is 0 Å². The molecule has 13 heteroatoms. The Bertz CT molecular complexity index is 368. The Balaban J connectivity index is 6.00. The predicted octanol–water partition coefficient (Wildman–Crippen LogP) is 3.63. The molecule has 0 amide bonds. The third kappa shape index (κ3) is 2.30. The first-order valence-corrected chi connectivity index (χ1v) is 4.15. The summed E-state index contributed by atoms with van der Waals surface area (Å²) in [5, 5.41) is 0. The monoisotopic (exact) mass is 330 g/mol. The van der Waals surface area contributed by atoms with E-state index in [0.717, 1.165) is 0 Å². The molecule has 0 aliphatic rings. The second-order valence-corrected chi connectivity index (χ2v) is 3.38. The smallest absolute Gasteiger partial charge is 0.300 e. The zero-order valence-corrected chi connectivity index (χ0v) is 8.60. The molecule has 0 aromatic carbocycles. The lowest BCUT2D eigenvalue weighted by Crippen LogP contribution is -2.68. The van der Waals surface area contributed by atoms with Gasteiger partial charge in [-0.3, -0.25) is 4.79 Å². The molecule has 0 fully saturated rings. The van der Waals surface area contributed by atoms with E-state index in [0.29, 0.717) is 0 Å². The molecule has 0 radical (unpaired) electrons. The summed E-state index contributed by atoms with van der Waals surface area (Å²) in [4.78, 5) is 9.53. The number of halogens is 12. The first-order valence-electron chi connectivity index (χ1n) is 4.15. The van der Waals surface area contributed by atoms with Crippen molar-refractivity contribution in [2.45, 2.75) is 36.0 Å². The van der Waals surface area contributed by atoms with Crippen LogP contribution < -0.4 is 0 Å². The van der Waals surface area contributed by atoms with Gasteiger partial charge in [-0.15, -0.1) is 0 Å². The van der Waals surface area contributed by atoms with E-state index < -0.39 is 42.3 Å². The van der Waals surface area contributed by atoms with Gasteiger partial charge in [0, 0.05) is 0 Å². The van der Waals surface area contributed by atoms with E-state index in [1.54, 1.807) is 0 Å². The maximum Gasteiger partial charge on any atom is 0.460 e. The highest BCUT2D eigenvalue weighted by Gasteiger charge is 2.88. The average Bonchev–Trinajstić information content (AvgIpc) is 2.25. The number of hydrogen-bond acceptors (Lipinski definition) is 1. The van der Waals surface area contributed by atoms with Gasteiger partial charge in [0.05, 0.1) is 0 Å². The molecule has 0 aromatic heterocycles. The summed E-state index contributed by atoms with van der Waals surface area (Å²) in [6, 6.07) is 0. The fourth-order valence-electron chi connectivity index (χ4n) is 0.843. The van der Waals surface area contributed by atoms with Crippen LogP contribution in [0, 0.1) is 0 Å². The van der Waals surface area contributed by atoms with Crippen molar-refractivity contribution >= 4 is 6.29 Å². The van der Waals surface area contributed by atoms with E-state index >= 15 is 0 Å². The van der Waals surface area contributed by atoms with Gasteiger partial charge >= 0.3 is 29.9 Å². The van der Waals surface area contributed by atoms with E-state index in [2.05, 4.69) is 0 Å². The van der Waals surface area contributed by atoms with Gasteiger partial charge in [-0.2, -0.15) is 48.3 Å². The first-order chi connectivity index (χ1) is 8.48. The molecule has 20 heavy (non-hydrogen) atoms. The van der Waals surface area contributed by atoms with E-state index in [9.17, 15) is 57.5 Å². The van der Waals surface area contributed by atoms with Crippen LogP contribution >= 0.6 is 0 Å².